The molecule has 3 N–H and O–H groups in total. The number of carbonyl (C=O) groups excluding carboxylic acids is 1. The Bertz CT molecular complexity index is 204. The number of nitrogens with one attached hydrogen (secondary N) is 2. The normalized spacial score (nSPS) is 12.3. The van der Waals surface area contributed by atoms with Gasteiger partial charge in [-0.3, -0.25) is 0 Å². The van der Waals surface area contributed by atoms with Crippen LogP contribution in [0.3, 0.4) is 0 Å². The molecule has 5 nitrogen and oxygen atoms in total. The molecule has 0 aliphatic rings. The van der Waals surface area contributed by atoms with Gasteiger partial charge < -0.3 is 15.7 Å². The Hall–Kier alpha value is -1.26. The number of hydrogen-bond acceptors (Lipinski definition) is 2. The van der Waals surface area contributed by atoms with E-state index in [0.29, 0.717) is 6.54 Å². The van der Waals surface area contributed by atoms with Crippen molar-refractivity contribution in [3.63, 3.8) is 0 Å². The van der Waals surface area contributed by atoms with Crippen molar-refractivity contribution in [1.82, 2.24) is 10.6 Å². The number of carboxylic acid groups (broad SMARTS) is 1. The van der Waals surface area contributed by atoms with Gasteiger partial charge in [-0.1, -0.05) is 20.8 Å². The summed E-state index contributed by atoms with van der Waals surface area (Å²) in [5, 5.41) is 13.7. The summed E-state index contributed by atoms with van der Waals surface area (Å²) in [7, 11) is 0. The summed E-state index contributed by atoms with van der Waals surface area (Å²) >= 11 is 0. The number of hydrogen-bond donors (Lipinski definition) is 3. The van der Waals surface area contributed by atoms with E-state index in [2.05, 4.69) is 10.6 Å². The number of aliphatic carboxylic acids is 1. The van der Waals surface area contributed by atoms with Gasteiger partial charge in [-0.25, -0.2) is 9.59 Å². The largest absolute Gasteiger partial charge is 0.480 e. The van der Waals surface area contributed by atoms with Crippen LogP contribution in [0.5, 0.6) is 0 Å². The molecule has 0 aromatic heterocycles. The van der Waals surface area contributed by atoms with Gasteiger partial charge >= 0.3 is 12.0 Å². The lowest BCUT2D eigenvalue weighted by Crippen LogP contribution is -2.48. The molecule has 0 saturated heterocycles. The molecule has 1 atom stereocenters. The molecule has 0 aliphatic carbocycles. The zero-order chi connectivity index (χ0) is 11.1. The third kappa shape index (κ3) is 4.69. The van der Waals surface area contributed by atoms with Gasteiger partial charge in [0.25, 0.3) is 0 Å². The fourth-order valence-corrected chi connectivity index (χ4v) is 0.944. The summed E-state index contributed by atoms with van der Waals surface area (Å²) in [5.41, 5.74) is 0. The maximum atomic E-state index is 11.1. The second-order valence-electron chi connectivity index (χ2n) is 3.46. The van der Waals surface area contributed by atoms with Crippen LogP contribution in [-0.4, -0.2) is 29.7 Å². The predicted molar refractivity (Wildman–Crippen MR) is 53.1 cm³/mol. The van der Waals surface area contributed by atoms with E-state index >= 15 is 0 Å². The molecule has 0 fully saturated rings. The van der Waals surface area contributed by atoms with Crippen molar-refractivity contribution in [2.24, 2.45) is 5.92 Å². The minimum atomic E-state index is -1.01. The van der Waals surface area contributed by atoms with Gasteiger partial charge in [-0.15, -0.1) is 0 Å². The zero-order valence-corrected chi connectivity index (χ0v) is 8.83. The standard InChI is InChI=1S/C9H18N2O3/c1-4-5-10-9(14)11-7(6(2)3)8(12)13/h6-7H,4-5H2,1-3H3,(H,12,13)(H2,10,11,14)/t7-/m1/s1. The van der Waals surface area contributed by atoms with E-state index in [0.717, 1.165) is 6.42 Å². The van der Waals surface area contributed by atoms with Crippen LogP contribution in [0.2, 0.25) is 0 Å². The monoisotopic (exact) mass is 202 g/mol. The molecule has 0 spiro atoms. The lowest BCUT2D eigenvalue weighted by atomic mass is 10.1. The maximum absolute atomic E-state index is 11.1. The van der Waals surface area contributed by atoms with Crippen molar-refractivity contribution in [2.45, 2.75) is 33.2 Å². The van der Waals surface area contributed by atoms with E-state index in [4.69, 9.17) is 5.11 Å². The van der Waals surface area contributed by atoms with Crippen molar-refractivity contribution in [3.05, 3.63) is 0 Å². The van der Waals surface area contributed by atoms with Gasteiger partial charge in [0.05, 0.1) is 0 Å². The van der Waals surface area contributed by atoms with E-state index < -0.39 is 18.0 Å². The summed E-state index contributed by atoms with van der Waals surface area (Å²) in [5.74, 6) is -1.13. The molecular formula is C9H18N2O3. The van der Waals surface area contributed by atoms with Crippen LogP contribution in [0.1, 0.15) is 27.2 Å². The van der Waals surface area contributed by atoms with Gasteiger partial charge in [0.1, 0.15) is 6.04 Å². The summed E-state index contributed by atoms with van der Waals surface area (Å²) in [6.07, 6.45) is 0.826. The highest BCUT2D eigenvalue weighted by atomic mass is 16.4. The first-order chi connectivity index (χ1) is 6.49. The minimum absolute atomic E-state index is 0.125. The average molecular weight is 202 g/mol. The highest BCUT2D eigenvalue weighted by Gasteiger charge is 2.22. The Morgan fingerprint density at radius 2 is 1.93 bits per heavy atom. The third-order valence-electron chi connectivity index (χ3n) is 1.75. The maximum Gasteiger partial charge on any atom is 0.326 e. The van der Waals surface area contributed by atoms with Gasteiger partial charge in [0.2, 0.25) is 0 Å². The summed E-state index contributed by atoms with van der Waals surface area (Å²) in [4.78, 5) is 21.8. The second-order valence-corrected chi connectivity index (χ2v) is 3.46. The molecule has 0 radical (unpaired) electrons. The van der Waals surface area contributed by atoms with Crippen LogP contribution in [0, 0.1) is 5.92 Å². The molecule has 0 heterocycles. The lowest BCUT2D eigenvalue weighted by Gasteiger charge is -2.17. The van der Waals surface area contributed by atoms with Crippen molar-refractivity contribution in [1.29, 1.82) is 0 Å². The number of amides is 2. The van der Waals surface area contributed by atoms with Crippen LogP contribution in [0.15, 0.2) is 0 Å². The van der Waals surface area contributed by atoms with Crippen LogP contribution in [-0.2, 0) is 4.79 Å². The van der Waals surface area contributed by atoms with Crippen LogP contribution in [0.25, 0.3) is 0 Å². The summed E-state index contributed by atoms with van der Waals surface area (Å²) in [6.45, 7) is 5.98. The van der Waals surface area contributed by atoms with Crippen molar-refractivity contribution < 1.29 is 14.7 Å². The van der Waals surface area contributed by atoms with E-state index in [9.17, 15) is 9.59 Å². The number of carboxylic acids is 1. The first-order valence-electron chi connectivity index (χ1n) is 4.76. The molecule has 2 amide bonds. The van der Waals surface area contributed by atoms with Gasteiger partial charge in [0.15, 0.2) is 0 Å². The van der Waals surface area contributed by atoms with Crippen molar-refractivity contribution >= 4 is 12.0 Å². The fraction of sp³-hybridized carbons (Fsp3) is 0.778. The van der Waals surface area contributed by atoms with Crippen molar-refractivity contribution in [2.75, 3.05) is 6.54 Å². The molecule has 14 heavy (non-hydrogen) atoms. The average Bonchev–Trinajstić information content (AvgIpc) is 2.09. The molecule has 0 bridgehead atoms. The first kappa shape index (κ1) is 12.7. The predicted octanol–water partition coefficient (Wildman–Crippen LogP) is 0.805. The van der Waals surface area contributed by atoms with Gasteiger partial charge in [-0.2, -0.15) is 0 Å². The van der Waals surface area contributed by atoms with Crippen LogP contribution < -0.4 is 10.6 Å². The Morgan fingerprint density at radius 3 is 2.29 bits per heavy atom. The molecular weight excluding hydrogens is 184 g/mol. The second kappa shape index (κ2) is 6.23. The van der Waals surface area contributed by atoms with E-state index in [-0.39, 0.29) is 5.92 Å². The van der Waals surface area contributed by atoms with Crippen molar-refractivity contribution in [3.8, 4) is 0 Å². The molecule has 82 valence electrons. The molecule has 0 rings (SSSR count). The van der Waals surface area contributed by atoms with E-state index in [1.54, 1.807) is 13.8 Å². The highest BCUT2D eigenvalue weighted by molar-refractivity contribution is 5.82. The number of rotatable bonds is 5. The van der Waals surface area contributed by atoms with E-state index in [1.807, 2.05) is 6.92 Å². The Labute approximate surface area is 83.9 Å². The van der Waals surface area contributed by atoms with Crippen LogP contribution in [0.4, 0.5) is 4.79 Å². The number of urea groups is 1. The Kier molecular flexibility index (Phi) is 5.67. The highest BCUT2D eigenvalue weighted by Crippen LogP contribution is 2.00. The Morgan fingerprint density at radius 1 is 1.36 bits per heavy atom. The summed E-state index contributed by atoms with van der Waals surface area (Å²) in [6, 6.07) is -1.25. The number of carbonyl (C=O) groups is 2. The molecule has 0 aromatic rings. The van der Waals surface area contributed by atoms with E-state index in [1.165, 1.54) is 0 Å². The minimum Gasteiger partial charge on any atom is -0.480 e. The lowest BCUT2D eigenvalue weighted by molar-refractivity contribution is -0.140. The van der Waals surface area contributed by atoms with Gasteiger partial charge in [-0.05, 0) is 12.3 Å². The fourth-order valence-electron chi connectivity index (χ4n) is 0.944. The molecule has 0 aliphatic heterocycles. The topological polar surface area (TPSA) is 78.4 Å². The first-order valence-corrected chi connectivity index (χ1v) is 4.76. The molecule has 5 heteroatoms. The third-order valence-corrected chi connectivity index (χ3v) is 1.75. The summed E-state index contributed by atoms with van der Waals surface area (Å²) < 4.78 is 0. The smallest absolute Gasteiger partial charge is 0.326 e. The molecule has 0 unspecified atom stereocenters. The van der Waals surface area contributed by atoms with Gasteiger partial charge in [0, 0.05) is 6.54 Å². The SMILES string of the molecule is CCCNC(=O)N[C@@H](C(=O)O)C(C)C. The van der Waals surface area contributed by atoms with Crippen LogP contribution >= 0.6 is 0 Å². The Balaban J connectivity index is 4.04. The zero-order valence-electron chi connectivity index (χ0n) is 8.83. The molecule has 0 saturated carbocycles. The quantitative estimate of drug-likeness (QED) is 0.617. The molecule has 0 aromatic carbocycles.